The van der Waals surface area contributed by atoms with Crippen LogP contribution in [0.2, 0.25) is 0 Å². The van der Waals surface area contributed by atoms with Crippen LogP contribution in [0, 0.1) is 0 Å². The van der Waals surface area contributed by atoms with Crippen LogP contribution in [0.4, 0.5) is 5.95 Å². The number of hydrogen-bond acceptors (Lipinski definition) is 7. The maximum Gasteiger partial charge on any atom is 0.270 e. The molecule has 1 aliphatic heterocycles. The summed E-state index contributed by atoms with van der Waals surface area (Å²) in [7, 11) is 0. The molecule has 8 nitrogen and oxygen atoms in total. The summed E-state index contributed by atoms with van der Waals surface area (Å²) in [6, 6.07) is 5.44. The highest BCUT2D eigenvalue weighted by atomic mass is 16.5. The van der Waals surface area contributed by atoms with Gasteiger partial charge in [0.05, 0.1) is 13.2 Å². The molecule has 0 atom stereocenters. The molecule has 25 heavy (non-hydrogen) atoms. The number of hydrogen-bond donors (Lipinski definition) is 2. The Kier molecular flexibility index (Phi) is 6.24. The molecule has 132 valence electrons. The van der Waals surface area contributed by atoms with Gasteiger partial charge in [0.2, 0.25) is 5.95 Å². The lowest BCUT2D eigenvalue weighted by molar-refractivity contribution is 0.0383. The van der Waals surface area contributed by atoms with Crippen LogP contribution in [0.5, 0.6) is 0 Å². The first-order valence-corrected chi connectivity index (χ1v) is 8.35. The van der Waals surface area contributed by atoms with Crippen molar-refractivity contribution in [2.45, 2.75) is 6.54 Å². The lowest BCUT2D eigenvalue weighted by Crippen LogP contribution is -2.41. The summed E-state index contributed by atoms with van der Waals surface area (Å²) in [6.45, 7) is 5.30. The molecule has 0 saturated carbocycles. The van der Waals surface area contributed by atoms with Crippen LogP contribution in [-0.2, 0) is 11.3 Å². The molecule has 0 unspecified atom stereocenters. The third-order valence-electron chi connectivity index (χ3n) is 3.91. The molecule has 0 spiro atoms. The van der Waals surface area contributed by atoms with Gasteiger partial charge in [-0.15, -0.1) is 0 Å². The van der Waals surface area contributed by atoms with E-state index in [0.29, 0.717) is 24.7 Å². The molecule has 2 aromatic heterocycles. The highest BCUT2D eigenvalue weighted by Gasteiger charge is 2.12. The summed E-state index contributed by atoms with van der Waals surface area (Å²) in [5.74, 6) is 0.236. The largest absolute Gasteiger partial charge is 0.379 e. The van der Waals surface area contributed by atoms with E-state index in [1.54, 1.807) is 24.7 Å². The summed E-state index contributed by atoms with van der Waals surface area (Å²) < 4.78 is 5.31. The van der Waals surface area contributed by atoms with Crippen molar-refractivity contribution >= 4 is 11.9 Å². The third-order valence-corrected chi connectivity index (χ3v) is 3.91. The second-order valence-electron chi connectivity index (χ2n) is 5.68. The van der Waals surface area contributed by atoms with E-state index in [1.165, 1.54) is 0 Å². The van der Waals surface area contributed by atoms with Crippen molar-refractivity contribution < 1.29 is 9.53 Å². The minimum Gasteiger partial charge on any atom is -0.379 e. The number of nitrogens with one attached hydrogen (secondary N) is 2. The standard InChI is InChI=1S/C17H22N6O2/c24-16(19-7-8-23-9-11-25-12-10-23)15-3-6-20-17(22-15)21-13-14-1-4-18-5-2-14/h1-6H,7-13H2,(H,19,24)(H,20,21,22). The summed E-state index contributed by atoms with van der Waals surface area (Å²) in [6.07, 6.45) is 5.05. The molecule has 2 aromatic rings. The highest BCUT2D eigenvalue weighted by Crippen LogP contribution is 2.04. The van der Waals surface area contributed by atoms with Gasteiger partial charge in [0.1, 0.15) is 5.69 Å². The molecule has 1 saturated heterocycles. The molecule has 2 N–H and O–H groups in total. The Hall–Kier alpha value is -2.58. The fourth-order valence-corrected chi connectivity index (χ4v) is 2.49. The third kappa shape index (κ3) is 5.47. The lowest BCUT2D eigenvalue weighted by atomic mass is 10.3. The van der Waals surface area contributed by atoms with E-state index >= 15 is 0 Å². The molecule has 1 fully saturated rings. The maximum absolute atomic E-state index is 12.2. The Morgan fingerprint density at radius 2 is 1.96 bits per heavy atom. The molecule has 8 heteroatoms. The van der Waals surface area contributed by atoms with Crippen molar-refractivity contribution in [2.24, 2.45) is 0 Å². The van der Waals surface area contributed by atoms with Crippen molar-refractivity contribution in [3.05, 3.63) is 48.0 Å². The molecular formula is C17H22N6O2. The zero-order valence-corrected chi connectivity index (χ0v) is 14.0. The molecule has 0 aliphatic carbocycles. The Morgan fingerprint density at radius 1 is 1.16 bits per heavy atom. The van der Waals surface area contributed by atoms with Crippen molar-refractivity contribution in [2.75, 3.05) is 44.7 Å². The maximum atomic E-state index is 12.2. The van der Waals surface area contributed by atoms with E-state index in [1.807, 2.05) is 12.1 Å². The Balaban J connectivity index is 1.47. The zero-order chi connectivity index (χ0) is 17.3. The lowest BCUT2D eigenvalue weighted by Gasteiger charge is -2.26. The van der Waals surface area contributed by atoms with Crippen LogP contribution >= 0.6 is 0 Å². The van der Waals surface area contributed by atoms with Crippen molar-refractivity contribution in [3.8, 4) is 0 Å². The molecule has 3 rings (SSSR count). The number of morpholine rings is 1. The van der Waals surface area contributed by atoms with E-state index in [-0.39, 0.29) is 5.91 Å². The van der Waals surface area contributed by atoms with Gasteiger partial charge in [0.15, 0.2) is 0 Å². The average Bonchev–Trinajstić information content (AvgIpc) is 2.68. The number of pyridine rings is 1. The number of carbonyl (C=O) groups excluding carboxylic acids is 1. The predicted molar refractivity (Wildman–Crippen MR) is 93.2 cm³/mol. The second-order valence-corrected chi connectivity index (χ2v) is 5.68. The fraction of sp³-hybridized carbons (Fsp3) is 0.412. The first-order chi connectivity index (χ1) is 12.3. The summed E-state index contributed by atoms with van der Waals surface area (Å²) in [5, 5.41) is 6.01. The van der Waals surface area contributed by atoms with Gasteiger partial charge in [-0.3, -0.25) is 14.7 Å². The number of rotatable bonds is 7. The van der Waals surface area contributed by atoms with Gasteiger partial charge in [-0.2, -0.15) is 0 Å². The van der Waals surface area contributed by atoms with Gasteiger partial charge in [0, 0.05) is 51.3 Å². The molecule has 0 radical (unpaired) electrons. The first-order valence-electron chi connectivity index (χ1n) is 8.35. The van der Waals surface area contributed by atoms with Gasteiger partial charge in [-0.1, -0.05) is 0 Å². The SMILES string of the molecule is O=C(NCCN1CCOCC1)c1ccnc(NCc2ccncc2)n1. The molecule has 1 aliphatic rings. The van der Waals surface area contributed by atoms with Gasteiger partial charge in [-0.05, 0) is 23.8 Å². The van der Waals surface area contributed by atoms with Gasteiger partial charge in [-0.25, -0.2) is 9.97 Å². The van der Waals surface area contributed by atoms with E-state index in [4.69, 9.17) is 4.74 Å². The average molecular weight is 342 g/mol. The topological polar surface area (TPSA) is 92.3 Å². The number of amides is 1. The molecule has 0 aromatic carbocycles. The Labute approximate surface area is 146 Å². The van der Waals surface area contributed by atoms with E-state index in [0.717, 1.165) is 38.4 Å². The van der Waals surface area contributed by atoms with Crippen LogP contribution in [0.15, 0.2) is 36.8 Å². The number of carbonyl (C=O) groups is 1. The van der Waals surface area contributed by atoms with Crippen molar-refractivity contribution in [1.29, 1.82) is 0 Å². The molecular weight excluding hydrogens is 320 g/mol. The second kappa shape index (κ2) is 9.05. The summed E-state index contributed by atoms with van der Waals surface area (Å²) >= 11 is 0. The number of aromatic nitrogens is 3. The normalized spacial score (nSPS) is 14.9. The predicted octanol–water partition coefficient (Wildman–Crippen LogP) is 0.546. The van der Waals surface area contributed by atoms with Crippen LogP contribution in [0.25, 0.3) is 0 Å². The van der Waals surface area contributed by atoms with Crippen LogP contribution < -0.4 is 10.6 Å². The Morgan fingerprint density at radius 3 is 2.76 bits per heavy atom. The van der Waals surface area contributed by atoms with Crippen LogP contribution in [0.1, 0.15) is 16.1 Å². The van der Waals surface area contributed by atoms with E-state index in [2.05, 4.69) is 30.5 Å². The van der Waals surface area contributed by atoms with Crippen molar-refractivity contribution in [1.82, 2.24) is 25.2 Å². The summed E-state index contributed by atoms with van der Waals surface area (Å²) in [5.41, 5.74) is 1.42. The van der Waals surface area contributed by atoms with Gasteiger partial charge >= 0.3 is 0 Å². The van der Waals surface area contributed by atoms with Gasteiger partial charge in [0.25, 0.3) is 5.91 Å². The van der Waals surface area contributed by atoms with E-state index < -0.39 is 0 Å². The zero-order valence-electron chi connectivity index (χ0n) is 14.0. The van der Waals surface area contributed by atoms with Crippen LogP contribution in [0.3, 0.4) is 0 Å². The van der Waals surface area contributed by atoms with E-state index in [9.17, 15) is 4.79 Å². The summed E-state index contributed by atoms with van der Waals surface area (Å²) in [4.78, 5) is 26.9. The fourth-order valence-electron chi connectivity index (χ4n) is 2.49. The molecule has 0 bridgehead atoms. The minimum atomic E-state index is -0.192. The molecule has 1 amide bonds. The van der Waals surface area contributed by atoms with Gasteiger partial charge < -0.3 is 15.4 Å². The first kappa shape index (κ1) is 17.2. The number of anilines is 1. The van der Waals surface area contributed by atoms with Crippen molar-refractivity contribution in [3.63, 3.8) is 0 Å². The number of ether oxygens (including phenoxy) is 1. The smallest absolute Gasteiger partial charge is 0.270 e. The quantitative estimate of drug-likeness (QED) is 0.759. The highest BCUT2D eigenvalue weighted by molar-refractivity contribution is 5.92. The minimum absolute atomic E-state index is 0.192. The Bertz CT molecular complexity index is 676. The number of nitrogens with zero attached hydrogens (tertiary/aromatic N) is 4. The monoisotopic (exact) mass is 342 g/mol. The van der Waals surface area contributed by atoms with Crippen LogP contribution in [-0.4, -0.2) is 65.2 Å². The molecule has 3 heterocycles.